The third-order valence-corrected chi connectivity index (χ3v) is 9.51. The van der Waals surface area contributed by atoms with E-state index < -0.39 is 0 Å². The van der Waals surface area contributed by atoms with E-state index in [0.29, 0.717) is 11.1 Å². The van der Waals surface area contributed by atoms with Gasteiger partial charge in [0.2, 0.25) is 0 Å². The van der Waals surface area contributed by atoms with Crippen molar-refractivity contribution in [2.24, 2.45) is 0 Å². The number of esters is 2. The second-order valence-electron chi connectivity index (χ2n) is 12.8. The maximum Gasteiger partial charge on any atom is 0.333 e. The summed E-state index contributed by atoms with van der Waals surface area (Å²) >= 11 is 0. The molecule has 4 fully saturated rings. The van der Waals surface area contributed by atoms with Crippen LogP contribution in [0.2, 0.25) is 0 Å². The van der Waals surface area contributed by atoms with Crippen molar-refractivity contribution in [2.45, 2.75) is 140 Å². The maximum absolute atomic E-state index is 12.5. The Kier molecular flexibility index (Phi) is 7.34. The number of cyclic esters (lactones) is 2. The second kappa shape index (κ2) is 10.0. The minimum Gasteiger partial charge on any atom is -0.459 e. The molecule has 8 heteroatoms. The van der Waals surface area contributed by atoms with Crippen molar-refractivity contribution < 1.29 is 38.0 Å². The molecule has 5 heterocycles. The number of fused-ring (bicyclic) bond motifs is 4. The van der Waals surface area contributed by atoms with Gasteiger partial charge in [-0.25, -0.2) is 9.59 Å². The summed E-state index contributed by atoms with van der Waals surface area (Å²) in [4.78, 5) is 25.0. The van der Waals surface area contributed by atoms with Gasteiger partial charge >= 0.3 is 11.9 Å². The standard InChI is InChI=1S/C30H44O8/c1-19-9-7-13-27(3)21(35-27)11-16-30(6)24(38-30)18-34-26(32)20(2)10-8-14-28(4)22(36-28)12-15-29(5)23(37-29)17-33-25(19)31/h9-10,21-24H,7-8,11-18H2,1-6H3/b19-9+,20-10+. The molecule has 212 valence electrons. The molecule has 8 unspecified atom stereocenters. The molecule has 38 heavy (non-hydrogen) atoms. The van der Waals surface area contributed by atoms with E-state index in [9.17, 15) is 9.59 Å². The number of allylic oxidation sites excluding steroid dienone is 2. The molecular formula is C30H44O8. The van der Waals surface area contributed by atoms with Gasteiger partial charge in [0.05, 0.1) is 34.6 Å². The first kappa shape index (κ1) is 27.8. The Labute approximate surface area is 226 Å². The summed E-state index contributed by atoms with van der Waals surface area (Å²) in [5.74, 6) is -0.565. The summed E-state index contributed by atoms with van der Waals surface area (Å²) in [5, 5.41) is 0. The van der Waals surface area contributed by atoms with E-state index in [-0.39, 0.29) is 72.0 Å². The molecule has 0 aromatic heterocycles. The Hall–Kier alpha value is -1.74. The fourth-order valence-electron chi connectivity index (χ4n) is 5.88. The minimum absolute atomic E-state index is 0.0733. The number of hydrogen-bond donors (Lipinski definition) is 0. The third kappa shape index (κ3) is 6.19. The van der Waals surface area contributed by atoms with Gasteiger partial charge in [-0.1, -0.05) is 12.2 Å². The van der Waals surface area contributed by atoms with Crippen molar-refractivity contribution in [3.63, 3.8) is 0 Å². The van der Waals surface area contributed by atoms with Gasteiger partial charge in [0.25, 0.3) is 0 Å². The average Bonchev–Trinajstić information content (AvgIpc) is 3.80. The molecule has 0 amide bonds. The zero-order valence-electron chi connectivity index (χ0n) is 23.8. The lowest BCUT2D eigenvalue weighted by atomic mass is 9.93. The highest BCUT2D eigenvalue weighted by Gasteiger charge is 2.58. The Morgan fingerprint density at radius 1 is 0.579 bits per heavy atom. The van der Waals surface area contributed by atoms with E-state index >= 15 is 0 Å². The molecule has 8 atom stereocenters. The summed E-state index contributed by atoms with van der Waals surface area (Å²) in [5.41, 5.74) is 0.348. The van der Waals surface area contributed by atoms with Gasteiger partial charge in [-0.05, 0) is 92.9 Å². The molecule has 5 aliphatic heterocycles. The SMILES string of the molecule is C/C1=C\CCC2(C)OC2CCC2(C)OC2COC(=O)/C(C)=C/CCC2(C)OC2CCC2(C)OC2COC1=O. The molecule has 0 bridgehead atoms. The van der Waals surface area contributed by atoms with Gasteiger partial charge in [-0.15, -0.1) is 0 Å². The summed E-state index contributed by atoms with van der Waals surface area (Å²) in [6, 6.07) is 0. The number of epoxide rings is 4. The van der Waals surface area contributed by atoms with Crippen LogP contribution in [0.4, 0.5) is 0 Å². The number of carbonyl (C=O) groups excluding carboxylic acids is 2. The zero-order chi connectivity index (χ0) is 27.3. The number of ether oxygens (including phenoxy) is 6. The van der Waals surface area contributed by atoms with Crippen LogP contribution >= 0.6 is 0 Å². The van der Waals surface area contributed by atoms with Crippen LogP contribution in [0.5, 0.6) is 0 Å². The Morgan fingerprint density at radius 3 is 1.32 bits per heavy atom. The lowest BCUT2D eigenvalue weighted by Crippen LogP contribution is -2.19. The number of hydrogen-bond acceptors (Lipinski definition) is 8. The normalized spacial score (nSPS) is 49.2. The monoisotopic (exact) mass is 532 g/mol. The molecule has 5 aliphatic rings. The van der Waals surface area contributed by atoms with Crippen molar-refractivity contribution in [3.05, 3.63) is 23.3 Å². The minimum atomic E-state index is -0.283. The molecule has 0 aromatic rings. The third-order valence-electron chi connectivity index (χ3n) is 9.51. The predicted molar refractivity (Wildman–Crippen MR) is 139 cm³/mol. The topological polar surface area (TPSA) is 103 Å². The van der Waals surface area contributed by atoms with Crippen LogP contribution in [0.1, 0.15) is 92.9 Å². The molecule has 4 saturated heterocycles. The molecule has 0 N–H and O–H groups in total. The second-order valence-corrected chi connectivity index (χ2v) is 12.8. The van der Waals surface area contributed by atoms with Gasteiger partial charge in [0, 0.05) is 11.1 Å². The first-order chi connectivity index (χ1) is 17.9. The molecule has 0 spiro atoms. The molecule has 0 aromatic carbocycles. The van der Waals surface area contributed by atoms with Crippen LogP contribution in [0.3, 0.4) is 0 Å². The van der Waals surface area contributed by atoms with Crippen molar-refractivity contribution >= 4 is 11.9 Å². The largest absolute Gasteiger partial charge is 0.459 e. The first-order valence-corrected chi connectivity index (χ1v) is 14.2. The summed E-state index contributed by atoms with van der Waals surface area (Å²) in [6.07, 6.45) is 10.8. The van der Waals surface area contributed by atoms with Crippen LogP contribution < -0.4 is 0 Å². The quantitative estimate of drug-likeness (QED) is 0.326. The lowest BCUT2D eigenvalue weighted by molar-refractivity contribution is -0.140. The van der Waals surface area contributed by atoms with Crippen LogP contribution in [0.25, 0.3) is 0 Å². The van der Waals surface area contributed by atoms with Crippen molar-refractivity contribution in [1.29, 1.82) is 0 Å². The van der Waals surface area contributed by atoms with Crippen molar-refractivity contribution in [1.82, 2.24) is 0 Å². The fraction of sp³-hybridized carbons (Fsp3) is 0.800. The number of carbonyl (C=O) groups is 2. The van der Waals surface area contributed by atoms with Gasteiger partial charge in [0.1, 0.15) is 25.4 Å². The van der Waals surface area contributed by atoms with E-state index in [2.05, 4.69) is 27.7 Å². The van der Waals surface area contributed by atoms with E-state index in [1.165, 1.54) is 0 Å². The molecule has 0 saturated carbocycles. The van der Waals surface area contributed by atoms with Crippen LogP contribution in [-0.2, 0) is 38.0 Å². The van der Waals surface area contributed by atoms with Gasteiger partial charge in [-0.3, -0.25) is 0 Å². The predicted octanol–water partition coefficient (Wildman–Crippen LogP) is 4.73. The summed E-state index contributed by atoms with van der Waals surface area (Å²) in [6.45, 7) is 12.5. The fourth-order valence-corrected chi connectivity index (χ4v) is 5.88. The van der Waals surface area contributed by atoms with Crippen molar-refractivity contribution in [3.8, 4) is 0 Å². The molecule has 0 aliphatic carbocycles. The van der Waals surface area contributed by atoms with E-state index in [4.69, 9.17) is 28.4 Å². The highest BCUT2D eigenvalue weighted by molar-refractivity contribution is 5.88. The average molecular weight is 533 g/mol. The highest BCUT2D eigenvalue weighted by Crippen LogP contribution is 2.49. The maximum atomic E-state index is 12.5. The van der Waals surface area contributed by atoms with E-state index in [1.54, 1.807) is 13.8 Å². The molecule has 5 rings (SSSR count). The van der Waals surface area contributed by atoms with Gasteiger partial charge in [-0.2, -0.15) is 0 Å². The van der Waals surface area contributed by atoms with E-state index in [1.807, 2.05) is 12.2 Å². The van der Waals surface area contributed by atoms with Gasteiger partial charge in [0.15, 0.2) is 0 Å². The van der Waals surface area contributed by atoms with Gasteiger partial charge < -0.3 is 28.4 Å². The first-order valence-electron chi connectivity index (χ1n) is 14.2. The Bertz CT molecular complexity index is 940. The van der Waals surface area contributed by atoms with Crippen molar-refractivity contribution in [2.75, 3.05) is 13.2 Å². The van der Waals surface area contributed by atoms with Crippen LogP contribution in [-0.4, -0.2) is 72.0 Å². The van der Waals surface area contributed by atoms with Crippen LogP contribution in [0, 0.1) is 0 Å². The summed E-state index contributed by atoms with van der Waals surface area (Å²) in [7, 11) is 0. The Balaban J connectivity index is 1.17. The molecule has 0 radical (unpaired) electrons. The van der Waals surface area contributed by atoms with Crippen LogP contribution in [0.15, 0.2) is 23.3 Å². The molecular weight excluding hydrogens is 488 g/mol. The lowest BCUT2D eigenvalue weighted by Gasteiger charge is -2.09. The zero-order valence-corrected chi connectivity index (χ0v) is 23.8. The highest BCUT2D eigenvalue weighted by atomic mass is 16.6. The number of rotatable bonds is 0. The Morgan fingerprint density at radius 2 is 0.921 bits per heavy atom. The molecule has 8 nitrogen and oxygen atoms in total. The van der Waals surface area contributed by atoms with E-state index in [0.717, 1.165) is 51.4 Å². The smallest absolute Gasteiger partial charge is 0.333 e. The summed E-state index contributed by atoms with van der Waals surface area (Å²) < 4.78 is 34.9.